The molecule has 1 N–H and O–H groups in total. The van der Waals surface area contributed by atoms with Crippen molar-refractivity contribution in [1.82, 2.24) is 10.2 Å². The van der Waals surface area contributed by atoms with Crippen LogP contribution in [0.3, 0.4) is 0 Å². The number of sulfone groups is 1. The molecule has 5 nitrogen and oxygen atoms in total. The Hall–Kier alpha value is -1.40. The molecule has 1 heterocycles. The van der Waals surface area contributed by atoms with Crippen molar-refractivity contribution < 1.29 is 13.2 Å². The molecule has 1 unspecified atom stereocenters. The van der Waals surface area contributed by atoms with Crippen molar-refractivity contribution in [3.63, 3.8) is 0 Å². The molecule has 1 saturated heterocycles. The van der Waals surface area contributed by atoms with Crippen LogP contribution in [0.2, 0.25) is 0 Å². The molecule has 1 fully saturated rings. The molecule has 0 bridgehead atoms. The van der Waals surface area contributed by atoms with Gasteiger partial charge in [0.1, 0.15) is 0 Å². The number of nitrogens with one attached hydrogen (secondary N) is 1. The number of piperazine rings is 1. The smallest absolute Gasteiger partial charge is 0.222 e. The Bertz CT molecular complexity index is 605. The predicted octanol–water partition coefficient (Wildman–Crippen LogP) is 1.41. The van der Waals surface area contributed by atoms with E-state index in [-0.39, 0.29) is 11.8 Å². The molecule has 2 rings (SSSR count). The molecule has 6 heteroatoms. The summed E-state index contributed by atoms with van der Waals surface area (Å²) in [5.41, 5.74) is 1.07. The summed E-state index contributed by atoms with van der Waals surface area (Å²) >= 11 is 0. The van der Waals surface area contributed by atoms with E-state index in [1.54, 1.807) is 12.1 Å². The lowest BCUT2D eigenvalue weighted by Gasteiger charge is -2.27. The number of hydrogen-bond acceptors (Lipinski definition) is 4. The molecule has 22 heavy (non-hydrogen) atoms. The van der Waals surface area contributed by atoms with Crippen LogP contribution in [-0.4, -0.2) is 51.7 Å². The highest BCUT2D eigenvalue weighted by Crippen LogP contribution is 2.22. The van der Waals surface area contributed by atoms with Crippen LogP contribution in [0.25, 0.3) is 0 Å². The van der Waals surface area contributed by atoms with E-state index in [9.17, 15) is 13.2 Å². The predicted molar refractivity (Wildman–Crippen MR) is 86.7 cm³/mol. The summed E-state index contributed by atoms with van der Waals surface area (Å²) in [7, 11) is -3.15. The van der Waals surface area contributed by atoms with E-state index in [1.807, 2.05) is 17.0 Å². The van der Waals surface area contributed by atoms with Crippen molar-refractivity contribution in [3.05, 3.63) is 29.8 Å². The van der Waals surface area contributed by atoms with Crippen molar-refractivity contribution in [2.75, 3.05) is 32.4 Å². The van der Waals surface area contributed by atoms with Gasteiger partial charge in [-0.15, -0.1) is 0 Å². The zero-order chi connectivity index (χ0) is 16.2. The lowest BCUT2D eigenvalue weighted by molar-refractivity contribution is -0.131. The highest BCUT2D eigenvalue weighted by Gasteiger charge is 2.17. The minimum atomic E-state index is -3.15. The number of carbonyl (C=O) groups excluding carboxylic acids is 1. The van der Waals surface area contributed by atoms with Crippen molar-refractivity contribution in [2.45, 2.75) is 30.6 Å². The molecule has 1 aliphatic rings. The second kappa shape index (κ2) is 7.24. The maximum atomic E-state index is 12.1. The monoisotopic (exact) mass is 324 g/mol. The second-order valence-electron chi connectivity index (χ2n) is 5.91. The average molecular weight is 324 g/mol. The number of benzene rings is 1. The maximum Gasteiger partial charge on any atom is 0.222 e. The first-order valence-corrected chi connectivity index (χ1v) is 9.55. The molecule has 122 valence electrons. The van der Waals surface area contributed by atoms with Crippen LogP contribution < -0.4 is 5.32 Å². The standard InChI is InChI=1S/C16H24N2O3S/c1-13(3-8-16(19)18-11-9-17-10-12-18)14-4-6-15(7-5-14)22(2,20)21/h4-7,13,17H,3,8-12H2,1-2H3. The van der Waals surface area contributed by atoms with E-state index in [1.165, 1.54) is 6.26 Å². The van der Waals surface area contributed by atoms with Gasteiger partial charge in [-0.3, -0.25) is 4.79 Å². The van der Waals surface area contributed by atoms with Crippen LogP contribution in [0.1, 0.15) is 31.2 Å². The number of rotatable bonds is 5. The van der Waals surface area contributed by atoms with Gasteiger partial charge >= 0.3 is 0 Å². The molecule has 0 aromatic heterocycles. The molecular weight excluding hydrogens is 300 g/mol. The maximum absolute atomic E-state index is 12.1. The molecule has 0 spiro atoms. The van der Waals surface area contributed by atoms with Gasteiger partial charge in [0.25, 0.3) is 0 Å². The molecule has 1 atom stereocenters. The summed E-state index contributed by atoms with van der Waals surface area (Å²) in [5, 5.41) is 3.23. The first kappa shape index (κ1) is 17.0. The third-order valence-corrected chi connectivity index (χ3v) is 5.27. The van der Waals surface area contributed by atoms with Gasteiger partial charge in [0.05, 0.1) is 4.90 Å². The van der Waals surface area contributed by atoms with Gasteiger partial charge in [-0.2, -0.15) is 0 Å². The summed E-state index contributed by atoms with van der Waals surface area (Å²) in [6, 6.07) is 6.96. The van der Waals surface area contributed by atoms with Gasteiger partial charge < -0.3 is 10.2 Å². The Labute approximate surface area is 132 Å². The zero-order valence-electron chi connectivity index (χ0n) is 13.2. The third kappa shape index (κ3) is 4.55. The minimum Gasteiger partial charge on any atom is -0.340 e. The summed E-state index contributed by atoms with van der Waals surface area (Å²) in [5.74, 6) is 0.446. The highest BCUT2D eigenvalue weighted by molar-refractivity contribution is 7.90. The molecule has 0 saturated carbocycles. The van der Waals surface area contributed by atoms with Crippen LogP contribution in [-0.2, 0) is 14.6 Å². The minimum absolute atomic E-state index is 0.209. The van der Waals surface area contributed by atoms with Crippen LogP contribution in [0, 0.1) is 0 Å². The first-order chi connectivity index (χ1) is 10.4. The Kier molecular flexibility index (Phi) is 5.58. The fourth-order valence-electron chi connectivity index (χ4n) is 2.62. The molecule has 1 aromatic rings. The molecule has 0 radical (unpaired) electrons. The van der Waals surface area contributed by atoms with E-state index >= 15 is 0 Å². The Morgan fingerprint density at radius 1 is 1.23 bits per heavy atom. The molecule has 0 aliphatic carbocycles. The quantitative estimate of drug-likeness (QED) is 0.889. The van der Waals surface area contributed by atoms with E-state index in [0.29, 0.717) is 11.3 Å². The van der Waals surface area contributed by atoms with Crippen molar-refractivity contribution >= 4 is 15.7 Å². The van der Waals surface area contributed by atoms with Crippen molar-refractivity contribution in [3.8, 4) is 0 Å². The lowest BCUT2D eigenvalue weighted by Crippen LogP contribution is -2.46. The zero-order valence-corrected chi connectivity index (χ0v) is 14.0. The van der Waals surface area contributed by atoms with Gasteiger partial charge in [-0.25, -0.2) is 8.42 Å². The van der Waals surface area contributed by atoms with Crippen LogP contribution in [0.4, 0.5) is 0 Å². The van der Waals surface area contributed by atoms with E-state index in [0.717, 1.165) is 38.2 Å². The fourth-order valence-corrected chi connectivity index (χ4v) is 3.25. The Morgan fingerprint density at radius 3 is 2.36 bits per heavy atom. The number of amides is 1. The normalized spacial score (nSPS) is 17.3. The summed E-state index contributed by atoms with van der Waals surface area (Å²) < 4.78 is 22.9. The highest BCUT2D eigenvalue weighted by atomic mass is 32.2. The largest absolute Gasteiger partial charge is 0.340 e. The number of carbonyl (C=O) groups is 1. The Morgan fingerprint density at radius 2 is 1.82 bits per heavy atom. The van der Waals surface area contributed by atoms with E-state index in [2.05, 4.69) is 12.2 Å². The first-order valence-electron chi connectivity index (χ1n) is 7.66. The summed E-state index contributed by atoms with van der Waals surface area (Å²) in [6.45, 7) is 5.38. The van der Waals surface area contributed by atoms with E-state index in [4.69, 9.17) is 0 Å². The van der Waals surface area contributed by atoms with Crippen LogP contribution >= 0.6 is 0 Å². The van der Waals surface area contributed by atoms with Gasteiger partial charge in [0, 0.05) is 38.9 Å². The Balaban J connectivity index is 1.89. The van der Waals surface area contributed by atoms with Crippen molar-refractivity contribution in [1.29, 1.82) is 0 Å². The second-order valence-corrected chi connectivity index (χ2v) is 7.93. The van der Waals surface area contributed by atoms with Gasteiger partial charge in [0.15, 0.2) is 9.84 Å². The third-order valence-electron chi connectivity index (χ3n) is 4.14. The molecule has 1 aromatic carbocycles. The SMILES string of the molecule is CC(CCC(=O)N1CCNCC1)c1ccc(S(C)(=O)=O)cc1. The van der Waals surface area contributed by atoms with E-state index < -0.39 is 9.84 Å². The number of nitrogens with zero attached hydrogens (tertiary/aromatic N) is 1. The summed E-state index contributed by atoms with van der Waals surface area (Å²) in [4.78, 5) is 14.4. The number of hydrogen-bond donors (Lipinski definition) is 1. The summed E-state index contributed by atoms with van der Waals surface area (Å²) in [6.07, 6.45) is 2.52. The van der Waals surface area contributed by atoms with Gasteiger partial charge in [-0.05, 0) is 30.0 Å². The average Bonchev–Trinajstić information content (AvgIpc) is 2.52. The van der Waals surface area contributed by atoms with Crippen LogP contribution in [0.15, 0.2) is 29.2 Å². The van der Waals surface area contributed by atoms with Crippen LogP contribution in [0.5, 0.6) is 0 Å². The van der Waals surface area contributed by atoms with Gasteiger partial charge in [-0.1, -0.05) is 19.1 Å². The van der Waals surface area contributed by atoms with Crippen molar-refractivity contribution in [2.24, 2.45) is 0 Å². The molecule has 1 aliphatic heterocycles. The fraction of sp³-hybridized carbons (Fsp3) is 0.562. The lowest BCUT2D eigenvalue weighted by atomic mass is 9.96. The topological polar surface area (TPSA) is 66.5 Å². The van der Waals surface area contributed by atoms with Gasteiger partial charge in [0.2, 0.25) is 5.91 Å². The molecule has 1 amide bonds. The molecular formula is C16H24N2O3S.